The van der Waals surface area contributed by atoms with E-state index in [1.165, 1.54) is 6.08 Å². The Bertz CT molecular complexity index is 948. The van der Waals surface area contributed by atoms with Crippen molar-refractivity contribution < 1.29 is 9.18 Å². The molecule has 0 bridgehead atoms. The Balaban J connectivity index is 1.93. The van der Waals surface area contributed by atoms with Gasteiger partial charge in [-0.1, -0.05) is 42.0 Å². The van der Waals surface area contributed by atoms with Crippen molar-refractivity contribution in [3.8, 4) is 0 Å². The molecule has 1 amide bonds. The van der Waals surface area contributed by atoms with Crippen LogP contribution in [0.4, 0.5) is 4.39 Å². The van der Waals surface area contributed by atoms with Gasteiger partial charge in [0, 0.05) is 17.0 Å². The SMILES string of the molecule is NC(N)=NC(=O)c1ccc2c(c1)CC(C1=CC=C(Cl)C=C(F)C1)=CC=C2. The normalized spacial score (nSPS) is 16.2. The first-order valence-electron chi connectivity index (χ1n) is 7.99. The quantitative estimate of drug-likeness (QED) is 0.612. The zero-order valence-electron chi connectivity index (χ0n) is 13.9. The van der Waals surface area contributed by atoms with Gasteiger partial charge in [0.2, 0.25) is 0 Å². The number of halogens is 2. The van der Waals surface area contributed by atoms with Crippen LogP contribution in [0.1, 0.15) is 27.9 Å². The van der Waals surface area contributed by atoms with E-state index in [2.05, 4.69) is 4.99 Å². The molecule has 3 rings (SSSR count). The number of aliphatic imine (C=N–C) groups is 1. The second-order valence-electron chi connectivity index (χ2n) is 5.99. The highest BCUT2D eigenvalue weighted by atomic mass is 35.5. The summed E-state index contributed by atoms with van der Waals surface area (Å²) < 4.78 is 14.0. The lowest BCUT2D eigenvalue weighted by atomic mass is 9.93. The molecular weight excluding hydrogens is 353 g/mol. The largest absolute Gasteiger partial charge is 0.370 e. The summed E-state index contributed by atoms with van der Waals surface area (Å²) in [5.41, 5.74) is 14.7. The van der Waals surface area contributed by atoms with Gasteiger partial charge in [0.25, 0.3) is 5.91 Å². The minimum atomic E-state index is -0.496. The molecule has 4 nitrogen and oxygen atoms in total. The summed E-state index contributed by atoms with van der Waals surface area (Å²) in [5, 5.41) is 0.354. The van der Waals surface area contributed by atoms with E-state index < -0.39 is 5.91 Å². The van der Waals surface area contributed by atoms with E-state index in [9.17, 15) is 9.18 Å². The molecule has 2 aliphatic rings. The van der Waals surface area contributed by atoms with Gasteiger partial charge in [-0.25, -0.2) is 4.39 Å². The molecule has 2 aliphatic carbocycles. The van der Waals surface area contributed by atoms with Crippen molar-refractivity contribution in [3.05, 3.63) is 87.3 Å². The highest BCUT2D eigenvalue weighted by molar-refractivity contribution is 6.31. The Morgan fingerprint density at radius 3 is 2.65 bits per heavy atom. The first-order valence-corrected chi connectivity index (χ1v) is 8.37. The molecule has 0 heterocycles. The lowest BCUT2D eigenvalue weighted by Crippen LogP contribution is -2.24. The molecule has 26 heavy (non-hydrogen) atoms. The van der Waals surface area contributed by atoms with Crippen LogP contribution in [-0.2, 0) is 6.42 Å². The highest BCUT2D eigenvalue weighted by Crippen LogP contribution is 2.30. The molecule has 0 saturated heterocycles. The predicted molar refractivity (Wildman–Crippen MR) is 103 cm³/mol. The van der Waals surface area contributed by atoms with Gasteiger partial charge in [-0.05, 0) is 53.0 Å². The number of hydrogen-bond acceptors (Lipinski definition) is 1. The van der Waals surface area contributed by atoms with Gasteiger partial charge < -0.3 is 11.5 Å². The van der Waals surface area contributed by atoms with Crippen LogP contribution in [0.15, 0.2) is 75.6 Å². The third-order valence-corrected chi connectivity index (χ3v) is 4.32. The molecule has 4 N–H and O–H groups in total. The molecular formula is C20H17ClFN3O. The van der Waals surface area contributed by atoms with E-state index in [4.69, 9.17) is 23.1 Å². The van der Waals surface area contributed by atoms with E-state index in [1.54, 1.807) is 18.2 Å². The van der Waals surface area contributed by atoms with Crippen LogP contribution >= 0.6 is 11.6 Å². The minimum absolute atomic E-state index is 0.175. The highest BCUT2D eigenvalue weighted by Gasteiger charge is 2.15. The number of benzene rings is 1. The van der Waals surface area contributed by atoms with Crippen LogP contribution in [-0.4, -0.2) is 11.9 Å². The topological polar surface area (TPSA) is 81.5 Å². The molecule has 6 heteroatoms. The zero-order valence-corrected chi connectivity index (χ0v) is 14.6. The fourth-order valence-electron chi connectivity index (χ4n) is 2.88. The van der Waals surface area contributed by atoms with E-state index >= 15 is 0 Å². The van der Waals surface area contributed by atoms with Gasteiger partial charge in [-0.2, -0.15) is 4.99 Å². The summed E-state index contributed by atoms with van der Waals surface area (Å²) in [5.74, 6) is -1.06. The van der Waals surface area contributed by atoms with Crippen molar-refractivity contribution >= 4 is 29.5 Å². The van der Waals surface area contributed by atoms with Crippen molar-refractivity contribution in [2.24, 2.45) is 16.5 Å². The molecule has 0 unspecified atom stereocenters. The lowest BCUT2D eigenvalue weighted by molar-refractivity contribution is 0.100. The van der Waals surface area contributed by atoms with Crippen LogP contribution in [0, 0.1) is 0 Å². The maximum Gasteiger partial charge on any atom is 0.280 e. The fraction of sp³-hybridized carbons (Fsp3) is 0.100. The lowest BCUT2D eigenvalue weighted by Gasteiger charge is -2.12. The first kappa shape index (κ1) is 17.9. The maximum atomic E-state index is 14.0. The van der Waals surface area contributed by atoms with Gasteiger partial charge in [0.05, 0.1) is 0 Å². The van der Waals surface area contributed by atoms with Gasteiger partial charge >= 0.3 is 0 Å². The molecule has 0 fully saturated rings. The molecule has 1 aromatic rings. The van der Waals surface area contributed by atoms with Gasteiger partial charge in [0.15, 0.2) is 5.96 Å². The van der Waals surface area contributed by atoms with Gasteiger partial charge in [-0.15, -0.1) is 0 Å². The van der Waals surface area contributed by atoms with Crippen molar-refractivity contribution in [1.29, 1.82) is 0 Å². The van der Waals surface area contributed by atoms with Crippen LogP contribution < -0.4 is 11.5 Å². The Morgan fingerprint density at radius 2 is 1.88 bits per heavy atom. The molecule has 0 saturated carbocycles. The van der Waals surface area contributed by atoms with Gasteiger partial charge in [0.1, 0.15) is 5.83 Å². The van der Waals surface area contributed by atoms with Gasteiger partial charge in [-0.3, -0.25) is 4.79 Å². The number of allylic oxidation sites excluding steroid dienone is 9. The Labute approximate surface area is 155 Å². The van der Waals surface area contributed by atoms with Crippen LogP contribution in [0.3, 0.4) is 0 Å². The molecule has 0 aromatic heterocycles. The smallest absolute Gasteiger partial charge is 0.280 e. The molecule has 0 radical (unpaired) electrons. The Hall–Kier alpha value is -2.92. The number of carbonyl (C=O) groups is 1. The Morgan fingerprint density at radius 1 is 1.12 bits per heavy atom. The van der Waals surface area contributed by atoms with Crippen molar-refractivity contribution in [2.45, 2.75) is 12.8 Å². The molecule has 132 valence electrons. The first-order chi connectivity index (χ1) is 12.4. The van der Waals surface area contributed by atoms with E-state index in [0.717, 1.165) is 22.3 Å². The predicted octanol–water partition coefficient (Wildman–Crippen LogP) is 3.90. The molecule has 0 atom stereocenters. The second-order valence-corrected chi connectivity index (χ2v) is 6.43. The van der Waals surface area contributed by atoms with Crippen molar-refractivity contribution in [2.75, 3.05) is 0 Å². The standard InChI is InChI=1S/C20H17ClFN3O/c21-17-7-6-14(10-18(22)11-17)13-3-1-2-12-4-5-15(9-16(12)8-13)19(26)25-20(23)24/h1-7,9,11H,8,10H2,(H4,23,24,25,26). The summed E-state index contributed by atoms with van der Waals surface area (Å²) in [6.45, 7) is 0. The average molecular weight is 370 g/mol. The summed E-state index contributed by atoms with van der Waals surface area (Å²) in [6.07, 6.45) is 11.4. The van der Waals surface area contributed by atoms with Crippen LogP contribution in [0.2, 0.25) is 0 Å². The number of rotatable bonds is 2. The summed E-state index contributed by atoms with van der Waals surface area (Å²) in [4.78, 5) is 15.6. The number of amides is 1. The van der Waals surface area contributed by atoms with Crippen molar-refractivity contribution in [1.82, 2.24) is 0 Å². The van der Waals surface area contributed by atoms with E-state index in [-0.39, 0.29) is 18.2 Å². The van der Waals surface area contributed by atoms with E-state index in [1.807, 2.05) is 30.4 Å². The summed E-state index contributed by atoms with van der Waals surface area (Å²) in [7, 11) is 0. The number of carbonyl (C=O) groups excluding carboxylic acids is 1. The van der Waals surface area contributed by atoms with E-state index in [0.29, 0.717) is 17.0 Å². The van der Waals surface area contributed by atoms with Crippen LogP contribution in [0.25, 0.3) is 6.08 Å². The van der Waals surface area contributed by atoms with Crippen LogP contribution in [0.5, 0.6) is 0 Å². The zero-order chi connectivity index (χ0) is 18.7. The molecule has 0 aliphatic heterocycles. The fourth-order valence-corrected chi connectivity index (χ4v) is 3.06. The minimum Gasteiger partial charge on any atom is -0.370 e. The number of fused-ring (bicyclic) bond motifs is 1. The molecule has 0 spiro atoms. The summed E-state index contributed by atoms with van der Waals surface area (Å²) >= 11 is 5.93. The Kier molecular flexibility index (Phi) is 5.19. The second kappa shape index (κ2) is 7.54. The molecule has 1 aromatic carbocycles. The summed E-state index contributed by atoms with van der Waals surface area (Å²) in [6, 6.07) is 5.29. The number of hydrogen-bond donors (Lipinski definition) is 2. The average Bonchev–Trinajstić information content (AvgIpc) is 2.88. The monoisotopic (exact) mass is 369 g/mol. The number of nitrogens with two attached hydrogens (primary N) is 2. The number of guanidine groups is 1. The third-order valence-electron chi connectivity index (χ3n) is 4.08. The van der Waals surface area contributed by atoms with Crippen molar-refractivity contribution in [3.63, 3.8) is 0 Å². The third kappa shape index (κ3) is 4.18. The number of nitrogens with zero attached hydrogens (tertiary/aromatic N) is 1. The maximum absolute atomic E-state index is 14.0.